The van der Waals surface area contributed by atoms with Gasteiger partial charge in [0.05, 0.1) is 11.7 Å². The third-order valence-electron chi connectivity index (χ3n) is 5.14. The van der Waals surface area contributed by atoms with Gasteiger partial charge in [-0.3, -0.25) is 4.98 Å². The molecule has 0 radical (unpaired) electrons. The predicted octanol–water partition coefficient (Wildman–Crippen LogP) is 5.93. The maximum atomic E-state index is 6.37. The fourth-order valence-electron chi connectivity index (χ4n) is 3.82. The molecule has 29 heavy (non-hydrogen) atoms. The van der Waals surface area contributed by atoms with Gasteiger partial charge in [-0.05, 0) is 67.0 Å². The average Bonchev–Trinajstić information content (AvgIpc) is 3.29. The second-order valence-corrected chi connectivity index (χ2v) is 8.66. The van der Waals surface area contributed by atoms with Crippen LogP contribution in [0, 0.1) is 12.8 Å². The molecule has 1 aromatic carbocycles. The van der Waals surface area contributed by atoms with E-state index >= 15 is 0 Å². The lowest BCUT2D eigenvalue weighted by Crippen LogP contribution is -2.32. The fourth-order valence-corrected chi connectivity index (χ4v) is 4.31. The second kappa shape index (κ2) is 8.17. The molecule has 3 aromatic rings. The molecule has 3 heterocycles. The third-order valence-corrected chi connectivity index (χ3v) is 5.73. The van der Waals surface area contributed by atoms with Crippen LogP contribution in [0.25, 0.3) is 11.3 Å². The van der Waals surface area contributed by atoms with E-state index in [1.54, 1.807) is 0 Å². The summed E-state index contributed by atoms with van der Waals surface area (Å²) in [5, 5.41) is 4.88. The molecule has 0 bridgehead atoms. The minimum atomic E-state index is -0.0677. The molecular weight excluding hydrogens is 402 g/mol. The van der Waals surface area contributed by atoms with E-state index in [4.69, 9.17) is 28.2 Å². The number of hydrogen-bond donors (Lipinski definition) is 1. The van der Waals surface area contributed by atoms with E-state index in [1.807, 2.05) is 54.7 Å². The predicted molar refractivity (Wildman–Crippen MR) is 121 cm³/mol. The topological polar surface area (TPSA) is 41.3 Å². The van der Waals surface area contributed by atoms with Gasteiger partial charge in [0.25, 0.3) is 0 Å². The van der Waals surface area contributed by atoms with Crippen molar-refractivity contribution in [3.05, 3.63) is 76.8 Å². The van der Waals surface area contributed by atoms with Crippen LogP contribution in [-0.2, 0) is 0 Å². The number of hydrogen-bond acceptors (Lipinski definition) is 3. The average molecular weight is 426 g/mol. The molecule has 1 fully saturated rings. The van der Waals surface area contributed by atoms with Gasteiger partial charge in [0, 0.05) is 23.3 Å². The van der Waals surface area contributed by atoms with Crippen LogP contribution >= 0.6 is 23.8 Å². The Morgan fingerprint density at radius 3 is 2.76 bits per heavy atom. The Hall–Kier alpha value is -2.37. The molecule has 6 heteroatoms. The van der Waals surface area contributed by atoms with Crippen LogP contribution in [0.4, 0.5) is 0 Å². The quantitative estimate of drug-likeness (QED) is 0.513. The fraction of sp³-hybridized carbons (Fsp3) is 0.304. The van der Waals surface area contributed by atoms with Crippen molar-refractivity contribution in [2.45, 2.75) is 32.9 Å². The van der Waals surface area contributed by atoms with Crippen LogP contribution in [0.2, 0.25) is 5.02 Å². The number of nitrogens with zero attached hydrogens (tertiary/aromatic N) is 2. The van der Waals surface area contributed by atoms with Crippen molar-refractivity contribution in [1.29, 1.82) is 0 Å². The van der Waals surface area contributed by atoms with Gasteiger partial charge >= 0.3 is 0 Å². The molecule has 0 amide bonds. The van der Waals surface area contributed by atoms with Crippen LogP contribution < -0.4 is 5.32 Å². The number of benzene rings is 1. The van der Waals surface area contributed by atoms with E-state index in [-0.39, 0.29) is 12.1 Å². The molecule has 0 aliphatic carbocycles. The van der Waals surface area contributed by atoms with Gasteiger partial charge in [-0.25, -0.2) is 0 Å². The summed E-state index contributed by atoms with van der Waals surface area (Å²) in [5.74, 6) is 2.13. The van der Waals surface area contributed by atoms with E-state index in [9.17, 15) is 0 Å². The van der Waals surface area contributed by atoms with Crippen LogP contribution in [-0.4, -0.2) is 21.5 Å². The van der Waals surface area contributed by atoms with E-state index < -0.39 is 0 Å². The maximum Gasteiger partial charge on any atom is 0.170 e. The zero-order chi connectivity index (χ0) is 20.5. The van der Waals surface area contributed by atoms with Crippen LogP contribution in [0.5, 0.6) is 0 Å². The molecular formula is C23H24ClN3OS. The first-order chi connectivity index (χ1) is 13.9. The van der Waals surface area contributed by atoms with E-state index in [1.165, 1.54) is 0 Å². The van der Waals surface area contributed by atoms with E-state index in [2.05, 4.69) is 36.0 Å². The molecule has 4 nitrogen and oxygen atoms in total. The van der Waals surface area contributed by atoms with Gasteiger partial charge in [0.15, 0.2) is 5.11 Å². The van der Waals surface area contributed by atoms with Gasteiger partial charge in [0.2, 0.25) is 0 Å². The molecule has 4 rings (SSSR count). The highest BCUT2D eigenvalue weighted by Crippen LogP contribution is 2.41. The van der Waals surface area contributed by atoms with Gasteiger partial charge < -0.3 is 14.6 Å². The summed E-state index contributed by atoms with van der Waals surface area (Å²) < 4.78 is 6.37. The van der Waals surface area contributed by atoms with Crippen LogP contribution in [0.15, 0.2) is 59.1 Å². The highest BCUT2D eigenvalue weighted by molar-refractivity contribution is 7.80. The molecule has 1 N–H and O–H groups in total. The molecule has 150 valence electrons. The zero-order valence-electron chi connectivity index (χ0n) is 16.7. The SMILES string of the molecule is Cc1ccc(Cl)cc1-c1ccc([C@H]2[C@@H](c3ccccn3)NC(=S)N2CC(C)C)o1. The molecule has 1 aliphatic rings. The first-order valence-corrected chi connectivity index (χ1v) is 10.6. The Morgan fingerprint density at radius 1 is 1.21 bits per heavy atom. The summed E-state index contributed by atoms with van der Waals surface area (Å²) in [7, 11) is 0. The number of thiocarbonyl (C=S) groups is 1. The first-order valence-electron chi connectivity index (χ1n) is 9.78. The monoisotopic (exact) mass is 425 g/mol. The molecule has 0 spiro atoms. The van der Waals surface area contributed by atoms with Crippen molar-refractivity contribution >= 4 is 28.9 Å². The highest BCUT2D eigenvalue weighted by atomic mass is 35.5. The number of rotatable bonds is 5. The summed E-state index contributed by atoms with van der Waals surface area (Å²) in [5.41, 5.74) is 3.07. The maximum absolute atomic E-state index is 6.37. The Morgan fingerprint density at radius 2 is 2.03 bits per heavy atom. The normalized spacial score (nSPS) is 19.1. The van der Waals surface area contributed by atoms with Gasteiger partial charge in [-0.15, -0.1) is 0 Å². The van der Waals surface area contributed by atoms with Gasteiger partial charge in [-0.2, -0.15) is 0 Å². The number of furan rings is 1. The molecule has 2 aromatic heterocycles. The Labute approximate surface area is 181 Å². The third kappa shape index (κ3) is 4.02. The minimum absolute atomic E-state index is 0.0620. The van der Waals surface area contributed by atoms with Crippen molar-refractivity contribution in [2.24, 2.45) is 5.92 Å². The largest absolute Gasteiger partial charge is 0.459 e. The molecule has 2 atom stereocenters. The highest BCUT2D eigenvalue weighted by Gasteiger charge is 2.41. The number of aromatic nitrogens is 1. The van der Waals surface area contributed by atoms with Crippen LogP contribution in [0.1, 0.15) is 42.9 Å². The summed E-state index contributed by atoms with van der Waals surface area (Å²) >= 11 is 11.9. The molecule has 0 unspecified atom stereocenters. The molecule has 0 saturated carbocycles. The van der Waals surface area contributed by atoms with Gasteiger partial charge in [0.1, 0.15) is 17.6 Å². The van der Waals surface area contributed by atoms with E-state index in [0.29, 0.717) is 10.9 Å². The number of halogens is 1. The van der Waals surface area contributed by atoms with Crippen LogP contribution in [0.3, 0.4) is 0 Å². The summed E-state index contributed by atoms with van der Waals surface area (Å²) in [4.78, 5) is 6.78. The lowest BCUT2D eigenvalue weighted by Gasteiger charge is -2.27. The lowest BCUT2D eigenvalue weighted by atomic mass is 10.0. The van der Waals surface area contributed by atoms with E-state index in [0.717, 1.165) is 40.0 Å². The Balaban J connectivity index is 1.75. The Kier molecular flexibility index (Phi) is 5.61. The number of aryl methyl sites for hydroxylation is 1. The number of nitrogens with one attached hydrogen (secondary N) is 1. The van der Waals surface area contributed by atoms with Crippen molar-refractivity contribution in [3.8, 4) is 11.3 Å². The molecule has 1 saturated heterocycles. The van der Waals surface area contributed by atoms with Crippen molar-refractivity contribution in [2.75, 3.05) is 6.54 Å². The second-order valence-electron chi connectivity index (χ2n) is 7.83. The first kappa shape index (κ1) is 19.9. The van der Waals surface area contributed by atoms with Gasteiger partial charge in [-0.1, -0.05) is 37.6 Å². The Bertz CT molecular complexity index is 1020. The summed E-state index contributed by atoms with van der Waals surface area (Å²) in [6, 6.07) is 15.7. The summed E-state index contributed by atoms with van der Waals surface area (Å²) in [6.45, 7) is 7.28. The minimum Gasteiger partial charge on any atom is -0.459 e. The number of pyridine rings is 1. The lowest BCUT2D eigenvalue weighted by molar-refractivity contribution is 0.253. The van der Waals surface area contributed by atoms with Crippen molar-refractivity contribution < 1.29 is 4.42 Å². The molecule has 1 aliphatic heterocycles. The van der Waals surface area contributed by atoms with Crippen molar-refractivity contribution in [3.63, 3.8) is 0 Å². The standard InChI is InChI=1S/C23H24ClN3OS/c1-14(2)13-27-22(21(26-23(27)29)18-6-4-5-11-25-18)20-10-9-19(28-20)17-12-16(24)8-7-15(17)3/h4-12,14,21-22H,13H2,1-3H3,(H,26,29)/t21-,22+/m1/s1. The summed E-state index contributed by atoms with van der Waals surface area (Å²) in [6.07, 6.45) is 1.81. The smallest absolute Gasteiger partial charge is 0.170 e. The van der Waals surface area contributed by atoms with Crippen molar-refractivity contribution in [1.82, 2.24) is 15.2 Å². The zero-order valence-corrected chi connectivity index (χ0v) is 18.3.